The molecule has 2 rings (SSSR count). The Kier molecular flexibility index (Phi) is 6.95. The van der Waals surface area contributed by atoms with Gasteiger partial charge in [0.25, 0.3) is 0 Å². The summed E-state index contributed by atoms with van der Waals surface area (Å²) in [5.74, 6) is -0.120. The molecule has 0 unspecified atom stereocenters. The SMILES string of the molecule is CC/C=C\C(C1=CC(CN)=C(C)CC1)=C(/C)c1ccc(F)c(CC)c1. The fourth-order valence-electron chi connectivity index (χ4n) is 3.28. The van der Waals surface area contributed by atoms with Gasteiger partial charge in [-0.3, -0.25) is 0 Å². The van der Waals surface area contributed by atoms with Crippen molar-refractivity contribution in [2.24, 2.45) is 5.73 Å². The fourth-order valence-corrected chi connectivity index (χ4v) is 3.28. The van der Waals surface area contributed by atoms with Crippen LogP contribution in [0.4, 0.5) is 4.39 Å². The van der Waals surface area contributed by atoms with Gasteiger partial charge in [-0.1, -0.05) is 43.7 Å². The van der Waals surface area contributed by atoms with E-state index in [1.165, 1.54) is 27.9 Å². The largest absolute Gasteiger partial charge is 0.326 e. The maximum absolute atomic E-state index is 13.9. The lowest BCUT2D eigenvalue weighted by Crippen LogP contribution is -2.08. The minimum atomic E-state index is -0.120. The van der Waals surface area contributed by atoms with Crippen LogP contribution in [-0.4, -0.2) is 6.54 Å². The molecule has 1 nitrogen and oxygen atoms in total. The highest BCUT2D eigenvalue weighted by Gasteiger charge is 2.15. The molecule has 1 aliphatic rings. The van der Waals surface area contributed by atoms with Crippen LogP contribution in [0.1, 0.15) is 58.1 Å². The number of hydrogen-bond donors (Lipinski definition) is 1. The molecule has 2 heteroatoms. The molecule has 0 aliphatic heterocycles. The van der Waals surface area contributed by atoms with E-state index in [0.717, 1.165) is 30.4 Å². The molecule has 0 aromatic heterocycles. The van der Waals surface area contributed by atoms with Crippen molar-refractivity contribution in [1.29, 1.82) is 0 Å². The lowest BCUT2D eigenvalue weighted by molar-refractivity contribution is 0.612. The first-order valence-electron chi connectivity index (χ1n) is 9.27. The molecule has 1 aromatic rings. The summed E-state index contributed by atoms with van der Waals surface area (Å²) in [6.07, 6.45) is 10.4. The van der Waals surface area contributed by atoms with Crippen LogP contribution < -0.4 is 5.73 Å². The summed E-state index contributed by atoms with van der Waals surface area (Å²) in [7, 11) is 0. The van der Waals surface area contributed by atoms with Crippen molar-refractivity contribution >= 4 is 5.57 Å². The van der Waals surface area contributed by atoms with E-state index in [2.05, 4.69) is 39.0 Å². The molecule has 1 aromatic carbocycles. The van der Waals surface area contributed by atoms with Gasteiger partial charge in [-0.05, 0) is 85.1 Å². The van der Waals surface area contributed by atoms with Crippen LogP contribution in [0.2, 0.25) is 0 Å². The topological polar surface area (TPSA) is 26.0 Å². The van der Waals surface area contributed by atoms with Crippen molar-refractivity contribution in [3.05, 3.63) is 75.7 Å². The predicted octanol–water partition coefficient (Wildman–Crippen LogP) is 6.12. The highest BCUT2D eigenvalue weighted by Crippen LogP contribution is 2.33. The summed E-state index contributed by atoms with van der Waals surface area (Å²) < 4.78 is 13.9. The highest BCUT2D eigenvalue weighted by molar-refractivity contribution is 5.74. The number of aryl methyl sites for hydroxylation is 1. The molecule has 0 spiro atoms. The van der Waals surface area contributed by atoms with Crippen LogP contribution in [0.15, 0.2) is 58.7 Å². The van der Waals surface area contributed by atoms with E-state index in [1.54, 1.807) is 6.07 Å². The van der Waals surface area contributed by atoms with E-state index in [1.807, 2.05) is 19.1 Å². The van der Waals surface area contributed by atoms with E-state index in [4.69, 9.17) is 5.73 Å². The molecule has 1 aliphatic carbocycles. The van der Waals surface area contributed by atoms with Crippen LogP contribution in [-0.2, 0) is 6.42 Å². The molecule has 0 atom stereocenters. The number of allylic oxidation sites excluding steroid dienone is 6. The Hall–Kier alpha value is -1.93. The maximum atomic E-state index is 13.9. The van der Waals surface area contributed by atoms with Gasteiger partial charge in [0, 0.05) is 6.54 Å². The molecule has 0 fully saturated rings. The predicted molar refractivity (Wildman–Crippen MR) is 107 cm³/mol. The van der Waals surface area contributed by atoms with Gasteiger partial charge in [-0.15, -0.1) is 0 Å². The van der Waals surface area contributed by atoms with Gasteiger partial charge in [-0.2, -0.15) is 0 Å². The molecule has 0 saturated heterocycles. The number of nitrogens with two attached hydrogens (primary N) is 1. The first-order valence-corrected chi connectivity index (χ1v) is 9.27. The lowest BCUT2D eigenvalue weighted by Gasteiger charge is -2.20. The third-order valence-electron chi connectivity index (χ3n) is 5.02. The summed E-state index contributed by atoms with van der Waals surface area (Å²) in [4.78, 5) is 0. The Morgan fingerprint density at radius 1 is 1.24 bits per heavy atom. The minimum Gasteiger partial charge on any atom is -0.326 e. The van der Waals surface area contributed by atoms with Crippen molar-refractivity contribution < 1.29 is 4.39 Å². The molecule has 0 bridgehead atoms. The first-order chi connectivity index (χ1) is 12.0. The lowest BCUT2D eigenvalue weighted by atomic mass is 9.85. The minimum absolute atomic E-state index is 0.120. The second-order valence-corrected chi connectivity index (χ2v) is 6.69. The molecule has 0 amide bonds. The van der Waals surface area contributed by atoms with Gasteiger partial charge >= 0.3 is 0 Å². The molecule has 2 N–H and O–H groups in total. The van der Waals surface area contributed by atoms with Gasteiger partial charge in [0.15, 0.2) is 0 Å². The van der Waals surface area contributed by atoms with Gasteiger partial charge in [0.05, 0.1) is 0 Å². The number of rotatable bonds is 6. The van der Waals surface area contributed by atoms with Crippen LogP contribution in [0.5, 0.6) is 0 Å². The van der Waals surface area contributed by atoms with Crippen LogP contribution >= 0.6 is 0 Å². The van der Waals surface area contributed by atoms with Gasteiger partial charge in [-0.25, -0.2) is 4.39 Å². The van der Waals surface area contributed by atoms with E-state index in [0.29, 0.717) is 13.0 Å². The summed E-state index contributed by atoms with van der Waals surface area (Å²) in [6.45, 7) is 9.01. The van der Waals surface area contributed by atoms with E-state index in [9.17, 15) is 4.39 Å². The number of benzene rings is 1. The fraction of sp³-hybridized carbons (Fsp3) is 0.391. The van der Waals surface area contributed by atoms with E-state index in [-0.39, 0.29) is 5.82 Å². The summed E-state index contributed by atoms with van der Waals surface area (Å²) in [6, 6.07) is 5.46. The molecule has 0 saturated carbocycles. The quantitative estimate of drug-likeness (QED) is 0.620. The summed E-state index contributed by atoms with van der Waals surface area (Å²) in [5.41, 5.74) is 14.2. The van der Waals surface area contributed by atoms with Crippen molar-refractivity contribution in [2.45, 2.75) is 53.4 Å². The molecular formula is C23H30FN. The van der Waals surface area contributed by atoms with E-state index >= 15 is 0 Å². The third-order valence-corrected chi connectivity index (χ3v) is 5.02. The Morgan fingerprint density at radius 3 is 2.64 bits per heavy atom. The normalized spacial score (nSPS) is 16.3. The Labute approximate surface area is 151 Å². The van der Waals surface area contributed by atoms with E-state index < -0.39 is 0 Å². The molecule has 0 heterocycles. The molecule has 134 valence electrons. The Bertz CT molecular complexity index is 747. The Balaban J connectivity index is 2.56. The smallest absolute Gasteiger partial charge is 0.126 e. The third kappa shape index (κ3) is 4.58. The molecule has 0 radical (unpaired) electrons. The van der Waals surface area contributed by atoms with Crippen molar-refractivity contribution in [1.82, 2.24) is 0 Å². The summed E-state index contributed by atoms with van der Waals surface area (Å²) >= 11 is 0. The summed E-state index contributed by atoms with van der Waals surface area (Å²) in [5, 5.41) is 0. The second kappa shape index (κ2) is 8.96. The Morgan fingerprint density at radius 2 is 2.00 bits per heavy atom. The van der Waals surface area contributed by atoms with Crippen molar-refractivity contribution in [2.75, 3.05) is 6.54 Å². The second-order valence-electron chi connectivity index (χ2n) is 6.69. The van der Waals surface area contributed by atoms with Crippen LogP contribution in [0.3, 0.4) is 0 Å². The molecule has 25 heavy (non-hydrogen) atoms. The van der Waals surface area contributed by atoms with Crippen molar-refractivity contribution in [3.8, 4) is 0 Å². The monoisotopic (exact) mass is 339 g/mol. The van der Waals surface area contributed by atoms with Crippen LogP contribution in [0.25, 0.3) is 5.57 Å². The average molecular weight is 339 g/mol. The van der Waals surface area contributed by atoms with Crippen molar-refractivity contribution in [3.63, 3.8) is 0 Å². The maximum Gasteiger partial charge on any atom is 0.126 e. The van der Waals surface area contributed by atoms with Gasteiger partial charge in [0.2, 0.25) is 0 Å². The first kappa shape index (κ1) is 19.4. The zero-order chi connectivity index (χ0) is 18.4. The van der Waals surface area contributed by atoms with Gasteiger partial charge < -0.3 is 5.73 Å². The standard InChI is InChI=1S/C23H30FN/c1-5-7-8-22(20-10-9-16(3)21(14-20)15-25)17(4)19-11-12-23(24)18(6-2)13-19/h7-8,11-14H,5-6,9-10,15,25H2,1-4H3/b8-7-,22-17-. The number of halogens is 1. The van der Waals surface area contributed by atoms with Crippen LogP contribution in [0, 0.1) is 5.82 Å². The average Bonchev–Trinajstić information content (AvgIpc) is 2.63. The number of hydrogen-bond acceptors (Lipinski definition) is 1. The molecular weight excluding hydrogens is 309 g/mol. The highest BCUT2D eigenvalue weighted by atomic mass is 19.1. The van der Waals surface area contributed by atoms with Gasteiger partial charge in [0.1, 0.15) is 5.82 Å². The zero-order valence-electron chi connectivity index (χ0n) is 16.0. The zero-order valence-corrected chi connectivity index (χ0v) is 16.0.